The lowest BCUT2D eigenvalue weighted by molar-refractivity contribution is 0.378. The highest BCUT2D eigenvalue weighted by Crippen LogP contribution is 2.23. The van der Waals surface area contributed by atoms with Crippen LogP contribution in [0.25, 0.3) is 11.0 Å². The van der Waals surface area contributed by atoms with E-state index in [1.54, 1.807) is 0 Å². The summed E-state index contributed by atoms with van der Waals surface area (Å²) < 4.78 is 15.6. The van der Waals surface area contributed by atoms with E-state index in [1.807, 2.05) is 6.07 Å². The van der Waals surface area contributed by atoms with Gasteiger partial charge in [-0.3, -0.25) is 0 Å². The summed E-state index contributed by atoms with van der Waals surface area (Å²) in [5, 5.41) is 0. The maximum Gasteiger partial charge on any atom is 0.125 e. The Bertz CT molecular complexity index is 610. The number of likely N-dealkylation sites (tertiary alicyclic amines) is 1. The third-order valence-corrected chi connectivity index (χ3v) is 4.23. The number of alkyl halides is 1. The predicted octanol–water partition coefficient (Wildman–Crippen LogP) is 2.91. The van der Waals surface area contributed by atoms with Gasteiger partial charge < -0.3 is 9.47 Å². The Balaban J connectivity index is 1.95. The topological polar surface area (TPSA) is 21.1 Å². The molecule has 1 aliphatic rings. The number of rotatable bonds is 4. The van der Waals surface area contributed by atoms with Crippen molar-refractivity contribution >= 4 is 22.6 Å². The lowest BCUT2D eigenvalue weighted by Crippen LogP contribution is -2.18. The molecule has 0 N–H and O–H groups in total. The highest BCUT2D eigenvalue weighted by molar-refractivity contribution is 6.17. The Morgan fingerprint density at radius 2 is 2.30 bits per heavy atom. The molecule has 1 aromatic heterocycles. The van der Waals surface area contributed by atoms with E-state index in [1.165, 1.54) is 18.6 Å². The maximum absolute atomic E-state index is 13.3. The van der Waals surface area contributed by atoms with Crippen molar-refractivity contribution < 1.29 is 4.39 Å². The Morgan fingerprint density at radius 3 is 3.00 bits per heavy atom. The van der Waals surface area contributed by atoms with Crippen molar-refractivity contribution in [2.45, 2.75) is 19.4 Å². The van der Waals surface area contributed by atoms with Crippen molar-refractivity contribution in [2.75, 3.05) is 26.0 Å². The number of imidazole rings is 1. The minimum atomic E-state index is -0.236. The van der Waals surface area contributed by atoms with Crippen LogP contribution in [-0.4, -0.2) is 40.5 Å². The number of hydrogen-bond donors (Lipinski definition) is 0. The maximum atomic E-state index is 13.3. The standard InChI is InChI=1S/C15H19ClFN3/c1-19-7-5-11(9-19)10-20-14-3-2-12(17)8-13(14)18-15(20)4-6-16/h2-3,8,11H,4-7,9-10H2,1H3. The SMILES string of the molecule is CN1CCC(Cn2c(CCCl)nc3cc(F)ccc32)C1. The zero-order valence-electron chi connectivity index (χ0n) is 11.6. The summed E-state index contributed by atoms with van der Waals surface area (Å²) in [5.74, 6) is 1.91. The fourth-order valence-corrected chi connectivity index (χ4v) is 3.23. The van der Waals surface area contributed by atoms with Crippen molar-refractivity contribution in [3.05, 3.63) is 29.8 Å². The molecule has 3 rings (SSSR count). The summed E-state index contributed by atoms with van der Waals surface area (Å²) in [4.78, 5) is 6.90. The summed E-state index contributed by atoms with van der Waals surface area (Å²) in [7, 11) is 2.15. The van der Waals surface area contributed by atoms with Crippen LogP contribution in [-0.2, 0) is 13.0 Å². The number of aryl methyl sites for hydroxylation is 1. The Hall–Kier alpha value is -1.13. The van der Waals surface area contributed by atoms with Crippen molar-refractivity contribution in [3.8, 4) is 0 Å². The van der Waals surface area contributed by atoms with Crippen molar-refractivity contribution in [3.63, 3.8) is 0 Å². The second-order valence-electron chi connectivity index (χ2n) is 5.63. The predicted molar refractivity (Wildman–Crippen MR) is 79.7 cm³/mol. The van der Waals surface area contributed by atoms with Gasteiger partial charge >= 0.3 is 0 Å². The Kier molecular flexibility index (Phi) is 3.94. The van der Waals surface area contributed by atoms with Crippen molar-refractivity contribution in [2.24, 2.45) is 5.92 Å². The van der Waals surface area contributed by atoms with Gasteiger partial charge in [-0.25, -0.2) is 9.37 Å². The number of hydrogen-bond acceptors (Lipinski definition) is 2. The van der Waals surface area contributed by atoms with E-state index < -0.39 is 0 Å². The molecule has 20 heavy (non-hydrogen) atoms. The monoisotopic (exact) mass is 295 g/mol. The first-order chi connectivity index (χ1) is 9.67. The normalized spacial score (nSPS) is 20.1. The first-order valence-electron chi connectivity index (χ1n) is 7.06. The summed E-state index contributed by atoms with van der Waals surface area (Å²) in [5.41, 5.74) is 1.75. The van der Waals surface area contributed by atoms with E-state index in [0.717, 1.165) is 42.9 Å². The number of halogens is 2. The molecule has 0 bridgehead atoms. The van der Waals surface area contributed by atoms with Crippen LogP contribution in [0.5, 0.6) is 0 Å². The van der Waals surface area contributed by atoms with Crippen LogP contribution in [0.1, 0.15) is 12.2 Å². The van der Waals surface area contributed by atoms with Crippen LogP contribution >= 0.6 is 11.6 Å². The molecule has 0 saturated carbocycles. The van der Waals surface area contributed by atoms with Crippen LogP contribution in [0.3, 0.4) is 0 Å². The molecule has 1 saturated heterocycles. The fourth-order valence-electron chi connectivity index (χ4n) is 3.07. The van der Waals surface area contributed by atoms with Crippen molar-refractivity contribution in [1.82, 2.24) is 14.5 Å². The Morgan fingerprint density at radius 1 is 1.45 bits per heavy atom. The minimum absolute atomic E-state index is 0.236. The molecule has 1 atom stereocenters. The fraction of sp³-hybridized carbons (Fsp3) is 0.533. The molecule has 1 aliphatic heterocycles. The zero-order chi connectivity index (χ0) is 14.1. The highest BCUT2D eigenvalue weighted by Gasteiger charge is 2.22. The summed E-state index contributed by atoms with van der Waals surface area (Å²) in [6, 6.07) is 4.84. The highest BCUT2D eigenvalue weighted by atomic mass is 35.5. The molecule has 3 nitrogen and oxygen atoms in total. The van der Waals surface area contributed by atoms with Crippen LogP contribution in [0.4, 0.5) is 4.39 Å². The summed E-state index contributed by atoms with van der Waals surface area (Å²) in [6.07, 6.45) is 1.93. The minimum Gasteiger partial charge on any atom is -0.328 e. The molecular formula is C15H19ClFN3. The van der Waals surface area contributed by atoms with Gasteiger partial charge in [-0.1, -0.05) is 0 Å². The molecule has 5 heteroatoms. The van der Waals surface area contributed by atoms with E-state index in [0.29, 0.717) is 11.8 Å². The van der Waals surface area contributed by atoms with Gasteiger partial charge in [0.15, 0.2) is 0 Å². The average Bonchev–Trinajstić information content (AvgIpc) is 2.95. The van der Waals surface area contributed by atoms with E-state index in [2.05, 4.69) is 21.5 Å². The summed E-state index contributed by atoms with van der Waals surface area (Å²) in [6.45, 7) is 3.21. The van der Waals surface area contributed by atoms with Gasteiger partial charge in [0.1, 0.15) is 11.6 Å². The first kappa shape index (κ1) is 13.8. The van der Waals surface area contributed by atoms with Gasteiger partial charge in [-0.15, -0.1) is 11.6 Å². The number of aromatic nitrogens is 2. The van der Waals surface area contributed by atoms with E-state index >= 15 is 0 Å². The summed E-state index contributed by atoms with van der Waals surface area (Å²) >= 11 is 5.87. The van der Waals surface area contributed by atoms with Gasteiger partial charge in [-0.05, 0) is 38.1 Å². The molecule has 1 fully saturated rings. The zero-order valence-corrected chi connectivity index (χ0v) is 12.4. The molecule has 108 valence electrons. The van der Waals surface area contributed by atoms with Gasteiger partial charge in [0.2, 0.25) is 0 Å². The third-order valence-electron chi connectivity index (χ3n) is 4.04. The number of fused-ring (bicyclic) bond motifs is 1. The van der Waals surface area contributed by atoms with Crippen LogP contribution in [0.15, 0.2) is 18.2 Å². The lowest BCUT2D eigenvalue weighted by Gasteiger charge is -2.14. The third kappa shape index (κ3) is 2.67. The largest absolute Gasteiger partial charge is 0.328 e. The van der Waals surface area contributed by atoms with Gasteiger partial charge in [0, 0.05) is 31.5 Å². The van der Waals surface area contributed by atoms with Crippen LogP contribution < -0.4 is 0 Å². The molecule has 2 aromatic rings. The molecular weight excluding hydrogens is 277 g/mol. The smallest absolute Gasteiger partial charge is 0.125 e. The molecule has 0 aliphatic carbocycles. The van der Waals surface area contributed by atoms with Crippen molar-refractivity contribution in [1.29, 1.82) is 0 Å². The molecule has 1 aromatic carbocycles. The van der Waals surface area contributed by atoms with Crippen LogP contribution in [0.2, 0.25) is 0 Å². The van der Waals surface area contributed by atoms with E-state index in [4.69, 9.17) is 11.6 Å². The van der Waals surface area contributed by atoms with Gasteiger partial charge in [0.25, 0.3) is 0 Å². The number of benzene rings is 1. The number of nitrogens with zero attached hydrogens (tertiary/aromatic N) is 3. The van der Waals surface area contributed by atoms with Crippen LogP contribution in [0, 0.1) is 11.7 Å². The lowest BCUT2D eigenvalue weighted by atomic mass is 10.1. The van der Waals surface area contributed by atoms with E-state index in [9.17, 15) is 4.39 Å². The molecule has 0 amide bonds. The first-order valence-corrected chi connectivity index (χ1v) is 7.60. The van der Waals surface area contributed by atoms with Gasteiger partial charge in [-0.2, -0.15) is 0 Å². The Labute approximate surface area is 123 Å². The second-order valence-corrected chi connectivity index (χ2v) is 6.01. The molecule has 0 radical (unpaired) electrons. The van der Waals surface area contributed by atoms with Gasteiger partial charge in [0.05, 0.1) is 11.0 Å². The van der Waals surface area contributed by atoms with E-state index in [-0.39, 0.29) is 5.82 Å². The quantitative estimate of drug-likeness (QED) is 0.809. The average molecular weight is 296 g/mol. The molecule has 0 spiro atoms. The molecule has 1 unspecified atom stereocenters. The second kappa shape index (κ2) is 5.70. The molecule has 2 heterocycles.